The minimum Gasteiger partial charge on any atom is -0.394 e. The van der Waals surface area contributed by atoms with Gasteiger partial charge in [0.05, 0.1) is 6.61 Å². The van der Waals surface area contributed by atoms with E-state index in [-0.39, 0.29) is 6.42 Å². The fraction of sp³-hybridized carbons (Fsp3) is 0.870. The van der Waals surface area contributed by atoms with Crippen LogP contribution in [-0.2, 0) is 4.79 Å². The number of allylic oxidation sites excluding steroid dienone is 2. The molecule has 0 aromatic rings. The van der Waals surface area contributed by atoms with E-state index in [4.69, 9.17) is 5.11 Å². The predicted octanol–water partition coefficient (Wildman–Crippen LogP) is 3.03. The van der Waals surface area contributed by atoms with Gasteiger partial charge >= 0.3 is 0 Å². The number of carbonyl (C=O) groups is 1. The Morgan fingerprint density at radius 2 is 1.21 bits per heavy atom. The Morgan fingerprint density at radius 3 is 1.72 bits per heavy atom. The van der Waals surface area contributed by atoms with E-state index < -0.39 is 36.8 Å². The van der Waals surface area contributed by atoms with Crippen LogP contribution in [0.15, 0.2) is 12.2 Å². The second-order valence-electron chi connectivity index (χ2n) is 7.98. The van der Waals surface area contributed by atoms with Gasteiger partial charge in [-0.15, -0.1) is 0 Å². The molecular weight excluding hydrogens is 372 g/mol. The molecular formula is C23H44O6. The molecule has 0 fully saturated rings. The fourth-order valence-corrected chi connectivity index (χ4v) is 3.23. The molecule has 0 aliphatic rings. The van der Waals surface area contributed by atoms with Gasteiger partial charge in [-0.05, 0) is 32.1 Å². The van der Waals surface area contributed by atoms with Crippen LogP contribution >= 0.6 is 0 Å². The molecule has 29 heavy (non-hydrogen) atoms. The molecule has 6 nitrogen and oxygen atoms in total. The molecule has 5 N–H and O–H groups in total. The first-order chi connectivity index (χ1) is 14.0. The lowest BCUT2D eigenvalue weighted by molar-refractivity contribution is -0.147. The molecule has 0 radical (unpaired) electrons. The molecule has 0 spiro atoms. The van der Waals surface area contributed by atoms with Crippen LogP contribution in [0, 0.1) is 0 Å². The monoisotopic (exact) mass is 416 g/mol. The highest BCUT2D eigenvalue weighted by Gasteiger charge is 2.33. The van der Waals surface area contributed by atoms with Crippen LogP contribution in [-0.4, -0.2) is 62.3 Å². The van der Waals surface area contributed by atoms with E-state index >= 15 is 0 Å². The lowest BCUT2D eigenvalue weighted by Gasteiger charge is -2.24. The summed E-state index contributed by atoms with van der Waals surface area (Å²) in [5.74, 6) is -0.556. The van der Waals surface area contributed by atoms with Crippen molar-refractivity contribution in [1.82, 2.24) is 0 Å². The summed E-state index contributed by atoms with van der Waals surface area (Å²) in [5, 5.41) is 47.0. The van der Waals surface area contributed by atoms with E-state index in [2.05, 4.69) is 19.1 Å². The topological polar surface area (TPSA) is 118 Å². The van der Waals surface area contributed by atoms with Gasteiger partial charge in [0.15, 0.2) is 5.78 Å². The molecule has 0 aliphatic carbocycles. The Labute approximate surface area is 176 Å². The molecule has 6 heteroatoms. The van der Waals surface area contributed by atoms with E-state index in [0.717, 1.165) is 32.1 Å². The standard InChI is InChI=1S/C23H44O6/c1-2-3-4-5-6-7-8-9-10-11-12-13-14-15-16-17-19(25)21(27)23(29)22(28)20(26)18-24/h9-10,20-24,26-29H,2-8,11-18H2,1H3/b10-9-/t20-,21?,22+,23+/m1/s1. The molecule has 0 amide bonds. The molecule has 0 saturated carbocycles. The molecule has 0 aromatic heterocycles. The van der Waals surface area contributed by atoms with E-state index in [1.165, 1.54) is 44.9 Å². The number of hydrogen-bond donors (Lipinski definition) is 5. The summed E-state index contributed by atoms with van der Waals surface area (Å²) in [6.45, 7) is 1.48. The third kappa shape index (κ3) is 14.8. The maximum Gasteiger partial charge on any atom is 0.164 e. The van der Waals surface area contributed by atoms with E-state index in [9.17, 15) is 25.2 Å². The smallest absolute Gasteiger partial charge is 0.164 e. The van der Waals surface area contributed by atoms with Gasteiger partial charge in [0.2, 0.25) is 0 Å². The van der Waals surface area contributed by atoms with Crippen LogP contribution < -0.4 is 0 Å². The van der Waals surface area contributed by atoms with Crippen LogP contribution in [0.2, 0.25) is 0 Å². The van der Waals surface area contributed by atoms with E-state index in [1.807, 2.05) is 0 Å². The SMILES string of the molecule is CCCCCCCC/C=C\CCCCCCCC(=O)C(O)[C@H](O)[C@@H](O)[C@H](O)CO. The summed E-state index contributed by atoms with van der Waals surface area (Å²) in [7, 11) is 0. The maximum absolute atomic E-state index is 11.9. The van der Waals surface area contributed by atoms with Gasteiger partial charge in [-0.1, -0.05) is 70.4 Å². The van der Waals surface area contributed by atoms with Crippen LogP contribution in [0.4, 0.5) is 0 Å². The van der Waals surface area contributed by atoms with Gasteiger partial charge in [0, 0.05) is 6.42 Å². The van der Waals surface area contributed by atoms with Crippen LogP contribution in [0.5, 0.6) is 0 Å². The second kappa shape index (κ2) is 19.2. The van der Waals surface area contributed by atoms with Crippen molar-refractivity contribution in [2.24, 2.45) is 0 Å². The van der Waals surface area contributed by atoms with E-state index in [1.54, 1.807) is 0 Å². The van der Waals surface area contributed by atoms with Crippen molar-refractivity contribution in [1.29, 1.82) is 0 Å². The molecule has 4 atom stereocenters. The average Bonchev–Trinajstić information content (AvgIpc) is 2.73. The Kier molecular flexibility index (Phi) is 18.7. The van der Waals surface area contributed by atoms with Crippen molar-refractivity contribution in [3.63, 3.8) is 0 Å². The van der Waals surface area contributed by atoms with Crippen molar-refractivity contribution < 1.29 is 30.3 Å². The average molecular weight is 417 g/mol. The zero-order valence-corrected chi connectivity index (χ0v) is 18.2. The molecule has 0 bridgehead atoms. The van der Waals surface area contributed by atoms with Crippen LogP contribution in [0.3, 0.4) is 0 Å². The minimum atomic E-state index is -1.80. The third-order valence-electron chi connectivity index (χ3n) is 5.27. The molecule has 0 aliphatic heterocycles. The van der Waals surface area contributed by atoms with E-state index in [0.29, 0.717) is 6.42 Å². The first-order valence-electron chi connectivity index (χ1n) is 11.5. The highest BCUT2D eigenvalue weighted by molar-refractivity contribution is 5.83. The van der Waals surface area contributed by atoms with Gasteiger partial charge < -0.3 is 25.5 Å². The Balaban J connectivity index is 3.60. The number of rotatable bonds is 20. The van der Waals surface area contributed by atoms with Gasteiger partial charge in [0.25, 0.3) is 0 Å². The van der Waals surface area contributed by atoms with Crippen LogP contribution in [0.1, 0.15) is 96.8 Å². The quantitative estimate of drug-likeness (QED) is 0.154. The van der Waals surface area contributed by atoms with Crippen molar-refractivity contribution in [2.45, 2.75) is 121 Å². The van der Waals surface area contributed by atoms with Gasteiger partial charge in [-0.3, -0.25) is 4.79 Å². The predicted molar refractivity (Wildman–Crippen MR) is 116 cm³/mol. The minimum absolute atomic E-state index is 0.123. The summed E-state index contributed by atoms with van der Waals surface area (Å²) in [5.41, 5.74) is 0. The highest BCUT2D eigenvalue weighted by atomic mass is 16.4. The highest BCUT2D eigenvalue weighted by Crippen LogP contribution is 2.12. The Morgan fingerprint density at radius 1 is 0.724 bits per heavy atom. The summed E-state index contributed by atoms with van der Waals surface area (Å²) >= 11 is 0. The first kappa shape index (κ1) is 28.2. The number of aliphatic hydroxyl groups excluding tert-OH is 5. The number of Topliss-reactive ketones (excluding diaryl/α,β-unsaturated/α-hetero) is 1. The van der Waals surface area contributed by atoms with Gasteiger partial charge in [0.1, 0.15) is 24.4 Å². The van der Waals surface area contributed by atoms with Crippen molar-refractivity contribution in [3.05, 3.63) is 12.2 Å². The van der Waals surface area contributed by atoms with Crippen molar-refractivity contribution in [2.75, 3.05) is 6.61 Å². The van der Waals surface area contributed by atoms with Crippen molar-refractivity contribution in [3.8, 4) is 0 Å². The van der Waals surface area contributed by atoms with Gasteiger partial charge in [-0.25, -0.2) is 0 Å². The number of aliphatic hydroxyl groups is 5. The summed E-state index contributed by atoms with van der Waals surface area (Å²) in [4.78, 5) is 11.9. The molecule has 0 rings (SSSR count). The lowest BCUT2D eigenvalue weighted by atomic mass is 9.97. The second-order valence-corrected chi connectivity index (χ2v) is 7.98. The third-order valence-corrected chi connectivity index (χ3v) is 5.27. The molecule has 0 saturated heterocycles. The molecule has 172 valence electrons. The Hall–Kier alpha value is -0.790. The number of unbranched alkanes of at least 4 members (excludes halogenated alkanes) is 11. The Bertz CT molecular complexity index is 412. The first-order valence-corrected chi connectivity index (χ1v) is 11.5. The fourth-order valence-electron chi connectivity index (χ4n) is 3.23. The summed E-state index contributed by atoms with van der Waals surface area (Å²) in [6, 6.07) is 0. The largest absolute Gasteiger partial charge is 0.394 e. The molecule has 0 aromatic carbocycles. The van der Waals surface area contributed by atoms with Gasteiger partial charge in [-0.2, -0.15) is 0 Å². The molecule has 1 unspecified atom stereocenters. The normalized spacial score (nSPS) is 16.1. The van der Waals surface area contributed by atoms with Crippen molar-refractivity contribution >= 4 is 5.78 Å². The van der Waals surface area contributed by atoms with Crippen LogP contribution in [0.25, 0.3) is 0 Å². The number of hydrogen-bond acceptors (Lipinski definition) is 6. The maximum atomic E-state index is 11.9. The molecule has 0 heterocycles. The number of carbonyl (C=O) groups excluding carboxylic acids is 1. The lowest BCUT2D eigenvalue weighted by Crippen LogP contribution is -2.48. The number of ketones is 1. The summed E-state index contributed by atoms with van der Waals surface area (Å²) < 4.78 is 0. The summed E-state index contributed by atoms with van der Waals surface area (Å²) in [6.07, 6.45) is 12.8. The zero-order valence-electron chi connectivity index (χ0n) is 18.2. The zero-order chi connectivity index (χ0) is 21.9.